The molecule has 2 atom stereocenters. The van der Waals surface area contributed by atoms with Gasteiger partial charge in [0.15, 0.2) is 0 Å². The first kappa shape index (κ1) is 18.2. The first-order valence-corrected chi connectivity index (χ1v) is 10.0. The van der Waals surface area contributed by atoms with E-state index in [9.17, 15) is 4.79 Å². The van der Waals surface area contributed by atoms with Crippen molar-refractivity contribution in [3.8, 4) is 0 Å². The molecule has 0 radical (unpaired) electrons. The van der Waals surface area contributed by atoms with Gasteiger partial charge in [-0.15, -0.1) is 0 Å². The van der Waals surface area contributed by atoms with Gasteiger partial charge in [-0.1, -0.05) is 36.4 Å². The number of amides is 1. The fourth-order valence-electron chi connectivity index (χ4n) is 4.61. The lowest BCUT2D eigenvalue weighted by Crippen LogP contribution is -2.53. The third kappa shape index (κ3) is 3.77. The number of hydrogen-bond acceptors (Lipinski definition) is 3. The lowest BCUT2D eigenvalue weighted by atomic mass is 9.81. The van der Waals surface area contributed by atoms with Crippen LogP contribution in [0.15, 0.2) is 54.7 Å². The molecule has 1 aromatic heterocycles. The quantitative estimate of drug-likeness (QED) is 0.834. The number of rotatable bonds is 4. The molecular weight excluding hydrogens is 334 g/mol. The van der Waals surface area contributed by atoms with Crippen LogP contribution in [0.4, 0.5) is 0 Å². The molecule has 27 heavy (non-hydrogen) atoms. The van der Waals surface area contributed by atoms with E-state index in [1.807, 2.05) is 36.5 Å². The Morgan fingerprint density at radius 3 is 2.56 bits per heavy atom. The Balaban J connectivity index is 1.51. The van der Waals surface area contributed by atoms with Crippen molar-refractivity contribution in [2.24, 2.45) is 5.92 Å². The normalized spacial score (nSPS) is 23.3. The van der Waals surface area contributed by atoms with Gasteiger partial charge in [-0.2, -0.15) is 0 Å². The van der Waals surface area contributed by atoms with Crippen LogP contribution in [0.1, 0.15) is 37.9 Å². The highest BCUT2D eigenvalue weighted by atomic mass is 16.2. The van der Waals surface area contributed by atoms with Crippen LogP contribution < -0.4 is 0 Å². The van der Waals surface area contributed by atoms with Gasteiger partial charge in [-0.25, -0.2) is 0 Å². The summed E-state index contributed by atoms with van der Waals surface area (Å²) in [5, 5.41) is 0. The molecule has 1 aromatic carbocycles. The lowest BCUT2D eigenvalue weighted by Gasteiger charge is -2.41. The van der Waals surface area contributed by atoms with E-state index in [0.717, 1.165) is 43.9 Å². The zero-order valence-electron chi connectivity index (χ0n) is 16.3. The average Bonchev–Trinajstić information content (AvgIpc) is 2.99. The van der Waals surface area contributed by atoms with E-state index in [0.29, 0.717) is 12.0 Å². The van der Waals surface area contributed by atoms with Crippen LogP contribution in [0.2, 0.25) is 0 Å². The van der Waals surface area contributed by atoms with Crippen LogP contribution >= 0.6 is 0 Å². The maximum Gasteiger partial charge on any atom is 0.232 e. The summed E-state index contributed by atoms with van der Waals surface area (Å²) < 4.78 is 0. The molecule has 3 saturated heterocycles. The number of pyridine rings is 1. The minimum absolute atomic E-state index is 0.267. The SMILES string of the molecule is CC(C)(C(=O)N1C[C@H]2CC[C@@H]1CN(Cc1ccccn1)C2)c1ccccc1. The van der Waals surface area contributed by atoms with Crippen LogP contribution in [0.3, 0.4) is 0 Å². The summed E-state index contributed by atoms with van der Waals surface area (Å²) in [4.78, 5) is 22.7. The zero-order chi connectivity index (χ0) is 18.9. The topological polar surface area (TPSA) is 36.4 Å². The van der Waals surface area contributed by atoms with Gasteiger partial charge in [0.2, 0.25) is 5.91 Å². The molecule has 1 amide bonds. The highest BCUT2D eigenvalue weighted by Crippen LogP contribution is 2.33. The monoisotopic (exact) mass is 363 g/mol. The predicted octanol–water partition coefficient (Wildman–Crippen LogP) is 3.48. The van der Waals surface area contributed by atoms with Gasteiger partial charge >= 0.3 is 0 Å². The Bertz CT molecular complexity index is 775. The Morgan fingerprint density at radius 2 is 1.81 bits per heavy atom. The van der Waals surface area contributed by atoms with Crippen molar-refractivity contribution in [1.82, 2.24) is 14.8 Å². The van der Waals surface area contributed by atoms with Gasteiger partial charge in [-0.05, 0) is 50.3 Å². The van der Waals surface area contributed by atoms with Crippen molar-refractivity contribution in [2.45, 2.75) is 44.7 Å². The smallest absolute Gasteiger partial charge is 0.232 e. The van der Waals surface area contributed by atoms with E-state index in [-0.39, 0.29) is 5.91 Å². The third-order valence-electron chi connectivity index (χ3n) is 6.19. The van der Waals surface area contributed by atoms with E-state index < -0.39 is 5.41 Å². The minimum Gasteiger partial charge on any atom is -0.337 e. The van der Waals surface area contributed by atoms with Crippen molar-refractivity contribution in [2.75, 3.05) is 19.6 Å². The number of nitrogens with zero attached hydrogens (tertiary/aromatic N) is 3. The largest absolute Gasteiger partial charge is 0.337 e. The molecule has 0 unspecified atom stereocenters. The van der Waals surface area contributed by atoms with Gasteiger partial charge < -0.3 is 4.90 Å². The van der Waals surface area contributed by atoms with Gasteiger partial charge in [0, 0.05) is 38.4 Å². The van der Waals surface area contributed by atoms with E-state index in [4.69, 9.17) is 0 Å². The van der Waals surface area contributed by atoms with Crippen LogP contribution in [-0.2, 0) is 16.8 Å². The van der Waals surface area contributed by atoms with Gasteiger partial charge in [0.1, 0.15) is 0 Å². The summed E-state index contributed by atoms with van der Waals surface area (Å²) in [6, 6.07) is 16.6. The second-order valence-corrected chi connectivity index (χ2v) is 8.56. The molecule has 3 aliphatic heterocycles. The average molecular weight is 364 g/mol. The number of aromatic nitrogens is 1. The van der Waals surface area contributed by atoms with E-state index in [2.05, 4.69) is 46.8 Å². The maximum absolute atomic E-state index is 13.5. The first-order chi connectivity index (χ1) is 13.0. The van der Waals surface area contributed by atoms with Gasteiger partial charge in [-0.3, -0.25) is 14.7 Å². The molecule has 4 heteroatoms. The second kappa shape index (κ2) is 7.43. The number of fused-ring (bicyclic) bond motifs is 4. The maximum atomic E-state index is 13.5. The molecule has 142 valence electrons. The summed E-state index contributed by atoms with van der Waals surface area (Å²) in [7, 11) is 0. The summed E-state index contributed by atoms with van der Waals surface area (Å²) in [5.74, 6) is 0.825. The molecule has 4 heterocycles. The molecule has 0 saturated carbocycles. The van der Waals surface area contributed by atoms with Crippen LogP contribution in [0.5, 0.6) is 0 Å². The van der Waals surface area contributed by atoms with E-state index in [1.165, 1.54) is 6.42 Å². The molecule has 3 fully saturated rings. The minimum atomic E-state index is -0.489. The van der Waals surface area contributed by atoms with Crippen molar-refractivity contribution in [3.05, 3.63) is 66.0 Å². The highest BCUT2D eigenvalue weighted by molar-refractivity contribution is 5.87. The molecule has 0 spiro atoms. The summed E-state index contributed by atoms with van der Waals surface area (Å²) in [6.45, 7) is 7.90. The molecular formula is C23H29N3O. The summed E-state index contributed by atoms with van der Waals surface area (Å²) in [5.41, 5.74) is 1.72. The van der Waals surface area contributed by atoms with Crippen molar-refractivity contribution in [1.29, 1.82) is 0 Å². The second-order valence-electron chi connectivity index (χ2n) is 8.56. The third-order valence-corrected chi connectivity index (χ3v) is 6.19. The fourth-order valence-corrected chi connectivity index (χ4v) is 4.61. The van der Waals surface area contributed by atoms with E-state index >= 15 is 0 Å². The Hall–Kier alpha value is -2.20. The van der Waals surface area contributed by atoms with Crippen molar-refractivity contribution in [3.63, 3.8) is 0 Å². The zero-order valence-corrected chi connectivity index (χ0v) is 16.3. The lowest BCUT2D eigenvalue weighted by molar-refractivity contribution is -0.140. The molecule has 3 aliphatic rings. The van der Waals surface area contributed by atoms with Gasteiger partial charge in [0.25, 0.3) is 0 Å². The van der Waals surface area contributed by atoms with Crippen molar-refractivity contribution < 1.29 is 4.79 Å². The van der Waals surface area contributed by atoms with Crippen LogP contribution in [0, 0.1) is 5.92 Å². The summed E-state index contributed by atoms with van der Waals surface area (Å²) >= 11 is 0. The fraction of sp³-hybridized carbons (Fsp3) is 0.478. The Labute approximate surface area is 162 Å². The van der Waals surface area contributed by atoms with Gasteiger partial charge in [0.05, 0.1) is 11.1 Å². The van der Waals surface area contributed by atoms with E-state index in [1.54, 1.807) is 0 Å². The molecule has 4 nitrogen and oxygen atoms in total. The molecule has 2 aromatic rings. The summed E-state index contributed by atoms with van der Waals surface area (Å²) in [6.07, 6.45) is 4.19. The number of piperidine rings is 1. The number of carbonyl (C=O) groups is 1. The predicted molar refractivity (Wildman–Crippen MR) is 107 cm³/mol. The Morgan fingerprint density at radius 1 is 1.04 bits per heavy atom. The molecule has 5 rings (SSSR count). The van der Waals surface area contributed by atoms with Crippen LogP contribution in [-0.4, -0.2) is 46.4 Å². The first-order valence-electron chi connectivity index (χ1n) is 10.0. The number of carbonyl (C=O) groups excluding carboxylic acids is 1. The van der Waals surface area contributed by atoms with Crippen molar-refractivity contribution >= 4 is 5.91 Å². The molecule has 2 bridgehead atoms. The number of hydrogen-bond donors (Lipinski definition) is 0. The highest BCUT2D eigenvalue weighted by Gasteiger charge is 2.42. The molecule has 0 N–H and O–H groups in total. The molecule has 0 aliphatic carbocycles. The van der Waals surface area contributed by atoms with Crippen LogP contribution in [0.25, 0.3) is 0 Å². The number of benzene rings is 1. The Kier molecular flexibility index (Phi) is 5.00. The standard InChI is InChI=1S/C23H29N3O/c1-23(2,19-8-4-3-5-9-19)22(27)26-15-18-11-12-21(26)17-25(14-18)16-20-10-6-7-13-24-20/h3-10,13,18,21H,11-12,14-17H2,1-2H3/t18-,21+/m0/s1.